The maximum absolute atomic E-state index is 14.2. The maximum Gasteiger partial charge on any atom is 0.343 e. The fraction of sp³-hybridized carbons (Fsp3) is 0.0690. The van der Waals surface area contributed by atoms with E-state index >= 15 is 0 Å². The summed E-state index contributed by atoms with van der Waals surface area (Å²) < 4.78 is 5.50. The number of nitrogens with zero attached hydrogens (tertiary/aromatic N) is 1. The zero-order chi connectivity index (χ0) is 25.5. The Morgan fingerprint density at radius 2 is 1.14 bits per heavy atom. The van der Waals surface area contributed by atoms with Gasteiger partial charge in [-0.1, -0.05) is 91.0 Å². The molecular formula is C29H24NO5P. The topological polar surface area (TPSA) is 86.5 Å². The van der Waals surface area contributed by atoms with Crippen molar-refractivity contribution < 1.29 is 19.2 Å². The maximum atomic E-state index is 14.2. The van der Waals surface area contributed by atoms with Crippen LogP contribution in [0.4, 0.5) is 5.69 Å². The predicted octanol–water partition coefficient (Wildman–Crippen LogP) is 4.51. The molecule has 4 aromatic carbocycles. The molecule has 0 radical (unpaired) electrons. The van der Waals surface area contributed by atoms with Crippen molar-refractivity contribution in [2.24, 2.45) is 0 Å². The van der Waals surface area contributed by atoms with Crippen LogP contribution >= 0.6 is 6.89 Å². The summed E-state index contributed by atoms with van der Waals surface area (Å²) in [5.41, 5.74) is 0.0373. The van der Waals surface area contributed by atoms with Crippen LogP contribution in [-0.4, -0.2) is 28.6 Å². The highest BCUT2D eigenvalue weighted by molar-refractivity contribution is 7.97. The molecule has 0 aliphatic heterocycles. The van der Waals surface area contributed by atoms with Gasteiger partial charge in [-0.15, -0.1) is 0 Å². The van der Waals surface area contributed by atoms with Gasteiger partial charge in [-0.05, 0) is 41.9 Å². The molecule has 0 saturated heterocycles. The van der Waals surface area contributed by atoms with Crippen LogP contribution in [0.25, 0.3) is 0 Å². The minimum absolute atomic E-state index is 0.0156. The molecule has 0 bridgehead atoms. The molecule has 0 unspecified atom stereocenters. The standard InChI is InChI=1S/C29H24NO5P/c1-2-35-29(32)28(27(31)22-18-20-23(21-19-22)30(33)34)36(24-12-6-3-7-13-24,25-14-8-4-9-15-25)26-16-10-5-11-17-26/h3-21H,2H2,1H3. The highest BCUT2D eigenvalue weighted by Crippen LogP contribution is 2.47. The molecule has 7 heteroatoms. The fourth-order valence-electron chi connectivity index (χ4n) is 4.24. The Labute approximate surface area is 209 Å². The smallest absolute Gasteiger partial charge is 0.343 e. The highest BCUT2D eigenvalue weighted by Gasteiger charge is 2.38. The number of nitro benzene ring substituents is 1. The van der Waals surface area contributed by atoms with E-state index in [9.17, 15) is 19.7 Å². The van der Waals surface area contributed by atoms with Gasteiger partial charge >= 0.3 is 5.97 Å². The molecule has 0 amide bonds. The molecule has 0 atom stereocenters. The number of carbonyl (C=O) groups is 2. The molecule has 0 N–H and O–H groups in total. The Kier molecular flexibility index (Phi) is 7.57. The molecule has 0 spiro atoms. The number of non-ortho nitro benzene ring substituents is 1. The summed E-state index contributed by atoms with van der Waals surface area (Å²) in [6, 6.07) is 33.8. The molecular weight excluding hydrogens is 473 g/mol. The molecule has 0 fully saturated rings. The summed E-state index contributed by atoms with van der Waals surface area (Å²) in [6.45, 7) is -1.26. The summed E-state index contributed by atoms with van der Waals surface area (Å²) >= 11 is 0. The molecule has 6 nitrogen and oxygen atoms in total. The lowest BCUT2D eigenvalue weighted by molar-refractivity contribution is -0.384. The molecule has 0 aliphatic rings. The van der Waals surface area contributed by atoms with Gasteiger partial charge in [0, 0.05) is 17.7 Å². The lowest BCUT2D eigenvalue weighted by Gasteiger charge is -2.31. The Morgan fingerprint density at radius 1 is 0.722 bits per heavy atom. The van der Waals surface area contributed by atoms with E-state index < -0.39 is 23.6 Å². The lowest BCUT2D eigenvalue weighted by Crippen LogP contribution is -2.38. The SMILES string of the molecule is CCOC(=O)C(C(=O)c1ccc([N+](=O)[O-])cc1)=P(c1ccccc1)(c1ccccc1)c1ccccc1. The summed E-state index contributed by atoms with van der Waals surface area (Å²) in [5.74, 6) is -1.22. The second-order valence-corrected chi connectivity index (χ2v) is 11.2. The van der Waals surface area contributed by atoms with Crippen LogP contribution < -0.4 is 15.9 Å². The van der Waals surface area contributed by atoms with E-state index in [1.54, 1.807) is 6.92 Å². The summed E-state index contributed by atoms with van der Waals surface area (Å²) in [7, 11) is 0. The number of carbonyl (C=O) groups excluding carboxylic acids is 2. The largest absolute Gasteiger partial charge is 0.462 e. The van der Waals surface area contributed by atoms with Crippen LogP contribution in [0.15, 0.2) is 115 Å². The van der Waals surface area contributed by atoms with Crippen molar-refractivity contribution in [3.8, 4) is 0 Å². The average Bonchev–Trinajstić information content (AvgIpc) is 2.93. The van der Waals surface area contributed by atoms with Gasteiger partial charge in [0.25, 0.3) is 5.69 Å². The average molecular weight is 497 g/mol. The van der Waals surface area contributed by atoms with Crippen LogP contribution in [0, 0.1) is 10.1 Å². The van der Waals surface area contributed by atoms with Gasteiger partial charge in [-0.3, -0.25) is 14.9 Å². The van der Waals surface area contributed by atoms with Crippen molar-refractivity contribution in [3.63, 3.8) is 0 Å². The van der Waals surface area contributed by atoms with Gasteiger partial charge in [0.1, 0.15) is 5.29 Å². The van der Waals surface area contributed by atoms with E-state index in [-0.39, 0.29) is 23.2 Å². The number of ether oxygens (including phenoxy) is 1. The van der Waals surface area contributed by atoms with Gasteiger partial charge in [-0.2, -0.15) is 0 Å². The molecule has 180 valence electrons. The molecule has 36 heavy (non-hydrogen) atoms. The van der Waals surface area contributed by atoms with E-state index in [1.807, 2.05) is 91.0 Å². The first-order valence-corrected chi connectivity index (χ1v) is 13.2. The number of rotatable bonds is 8. The number of hydrogen-bond donors (Lipinski definition) is 0. The van der Waals surface area contributed by atoms with Crippen molar-refractivity contribution in [1.29, 1.82) is 0 Å². The van der Waals surface area contributed by atoms with Gasteiger partial charge in [-0.25, -0.2) is 4.79 Å². The normalized spacial score (nSPS) is 10.9. The number of hydrogen-bond acceptors (Lipinski definition) is 5. The molecule has 4 aromatic rings. The van der Waals surface area contributed by atoms with Crippen LogP contribution in [0.2, 0.25) is 0 Å². The zero-order valence-electron chi connectivity index (χ0n) is 19.6. The van der Waals surface area contributed by atoms with E-state index in [0.717, 1.165) is 15.9 Å². The zero-order valence-corrected chi connectivity index (χ0v) is 20.5. The second-order valence-electron chi connectivity index (χ2n) is 7.88. The van der Waals surface area contributed by atoms with Crippen LogP contribution in [0.5, 0.6) is 0 Å². The minimum Gasteiger partial charge on any atom is -0.462 e. The number of benzene rings is 4. The van der Waals surface area contributed by atoms with E-state index in [2.05, 4.69) is 0 Å². The van der Waals surface area contributed by atoms with E-state index in [4.69, 9.17) is 4.74 Å². The third kappa shape index (κ3) is 4.64. The highest BCUT2D eigenvalue weighted by atomic mass is 31.2. The third-order valence-corrected chi connectivity index (χ3v) is 10.1. The molecule has 4 rings (SSSR count). The monoisotopic (exact) mass is 497 g/mol. The molecule has 0 heterocycles. The predicted molar refractivity (Wildman–Crippen MR) is 144 cm³/mol. The van der Waals surface area contributed by atoms with Crippen LogP contribution in [0.1, 0.15) is 17.3 Å². The van der Waals surface area contributed by atoms with Crippen molar-refractivity contribution in [2.75, 3.05) is 6.61 Å². The first-order valence-electron chi connectivity index (χ1n) is 11.4. The minimum atomic E-state index is -3.04. The van der Waals surface area contributed by atoms with E-state index in [1.165, 1.54) is 24.3 Å². The molecule has 0 saturated carbocycles. The Hall–Kier alpha value is -4.28. The number of nitro groups is 1. The first kappa shape index (κ1) is 24.8. The lowest BCUT2D eigenvalue weighted by atomic mass is 10.1. The number of esters is 1. The molecule has 0 aromatic heterocycles. The Balaban J connectivity index is 2.20. The van der Waals surface area contributed by atoms with Gasteiger partial charge in [0.2, 0.25) is 5.78 Å². The van der Waals surface area contributed by atoms with Crippen molar-refractivity contribution in [3.05, 3.63) is 131 Å². The summed E-state index contributed by atoms with van der Waals surface area (Å²) in [6.07, 6.45) is 0. The number of Topliss-reactive ketones (excluding diaryl/α,β-unsaturated/α-hetero) is 1. The third-order valence-electron chi connectivity index (χ3n) is 5.79. The second kappa shape index (κ2) is 11.0. The van der Waals surface area contributed by atoms with Crippen molar-refractivity contribution >= 4 is 45.5 Å². The summed E-state index contributed by atoms with van der Waals surface area (Å²) in [4.78, 5) is 38.6. The number of ketones is 1. The van der Waals surface area contributed by atoms with Gasteiger partial charge in [0.05, 0.1) is 11.5 Å². The first-order chi connectivity index (χ1) is 17.5. The molecule has 0 aliphatic carbocycles. The Bertz CT molecular complexity index is 1330. The van der Waals surface area contributed by atoms with Crippen LogP contribution in [-0.2, 0) is 9.53 Å². The van der Waals surface area contributed by atoms with Gasteiger partial charge < -0.3 is 4.74 Å². The Morgan fingerprint density at radius 3 is 1.50 bits per heavy atom. The van der Waals surface area contributed by atoms with Crippen molar-refractivity contribution in [2.45, 2.75) is 6.92 Å². The van der Waals surface area contributed by atoms with Crippen molar-refractivity contribution in [1.82, 2.24) is 0 Å². The van der Waals surface area contributed by atoms with E-state index in [0.29, 0.717) is 0 Å². The quantitative estimate of drug-likeness (QED) is 0.0893. The van der Waals surface area contributed by atoms with Gasteiger partial charge in [0.15, 0.2) is 0 Å². The summed E-state index contributed by atoms with van der Waals surface area (Å²) in [5, 5.41) is 13.6. The fourth-order valence-corrected chi connectivity index (χ4v) is 8.54. The van der Waals surface area contributed by atoms with Crippen LogP contribution in [0.3, 0.4) is 0 Å².